The molecule has 3 aromatic rings. The van der Waals surface area contributed by atoms with E-state index in [1.807, 2.05) is 31.6 Å². The lowest BCUT2D eigenvalue weighted by Crippen LogP contribution is -2.22. The Morgan fingerprint density at radius 3 is 2.89 bits per heavy atom. The van der Waals surface area contributed by atoms with Crippen LogP contribution in [0.15, 0.2) is 49.2 Å². The van der Waals surface area contributed by atoms with E-state index in [0.717, 1.165) is 23.3 Å². The van der Waals surface area contributed by atoms with Crippen molar-refractivity contribution >= 4 is 11.0 Å². The number of hydrogen-bond donors (Lipinski definition) is 1. The molecule has 1 unspecified atom stereocenters. The van der Waals surface area contributed by atoms with Crippen molar-refractivity contribution in [3.8, 4) is 0 Å². The Morgan fingerprint density at radius 1 is 1.21 bits per heavy atom. The third-order valence-electron chi connectivity index (χ3n) is 3.20. The van der Waals surface area contributed by atoms with Crippen LogP contribution >= 0.6 is 0 Å². The molecule has 5 nitrogen and oxygen atoms in total. The van der Waals surface area contributed by atoms with Crippen molar-refractivity contribution < 1.29 is 0 Å². The lowest BCUT2D eigenvalue weighted by Gasteiger charge is -2.16. The van der Waals surface area contributed by atoms with E-state index in [0.29, 0.717) is 0 Å². The van der Waals surface area contributed by atoms with Gasteiger partial charge in [-0.25, -0.2) is 4.98 Å². The Labute approximate surface area is 111 Å². The lowest BCUT2D eigenvalue weighted by atomic mass is 10.2. The number of likely N-dealkylation sites (N-methyl/N-ethyl adjacent to an activating group) is 1. The number of hydrogen-bond acceptors (Lipinski definition) is 4. The molecule has 0 aliphatic heterocycles. The molecule has 2 aromatic heterocycles. The maximum atomic E-state index is 4.40. The normalized spacial score (nSPS) is 12.7. The highest BCUT2D eigenvalue weighted by Gasteiger charge is 2.12. The Bertz CT molecular complexity index is 662. The van der Waals surface area contributed by atoms with Crippen LogP contribution in [0.2, 0.25) is 0 Å². The Morgan fingerprint density at radius 2 is 2.11 bits per heavy atom. The molecule has 19 heavy (non-hydrogen) atoms. The topological polar surface area (TPSA) is 55.6 Å². The zero-order chi connectivity index (χ0) is 13.1. The molecule has 1 N–H and O–H groups in total. The Balaban J connectivity index is 1.91. The molecule has 0 aliphatic carbocycles. The van der Waals surface area contributed by atoms with Crippen molar-refractivity contribution in [3.63, 3.8) is 0 Å². The fourth-order valence-corrected chi connectivity index (χ4v) is 2.18. The molecular weight excluding hydrogens is 238 g/mol. The third kappa shape index (κ3) is 2.32. The summed E-state index contributed by atoms with van der Waals surface area (Å²) in [6.07, 6.45) is 7.06. The van der Waals surface area contributed by atoms with Crippen LogP contribution in [0.25, 0.3) is 11.0 Å². The van der Waals surface area contributed by atoms with Crippen LogP contribution in [0, 0.1) is 0 Å². The van der Waals surface area contributed by atoms with Crippen molar-refractivity contribution in [3.05, 3.63) is 54.9 Å². The summed E-state index contributed by atoms with van der Waals surface area (Å²) in [5.74, 6) is 0. The minimum atomic E-state index is 0.117. The van der Waals surface area contributed by atoms with Gasteiger partial charge in [-0.3, -0.25) is 9.97 Å². The quantitative estimate of drug-likeness (QED) is 0.770. The number of benzene rings is 1. The Hall–Kier alpha value is -2.27. The zero-order valence-corrected chi connectivity index (χ0v) is 10.7. The number of para-hydroxylation sites is 2. The van der Waals surface area contributed by atoms with Crippen LogP contribution < -0.4 is 5.32 Å². The van der Waals surface area contributed by atoms with Crippen LogP contribution in [-0.2, 0) is 6.54 Å². The molecule has 2 heterocycles. The van der Waals surface area contributed by atoms with Crippen LogP contribution in [0.3, 0.4) is 0 Å². The maximum absolute atomic E-state index is 4.40. The molecule has 96 valence electrons. The fraction of sp³-hybridized carbons (Fsp3) is 0.214. The molecule has 0 bridgehead atoms. The second kappa shape index (κ2) is 5.16. The van der Waals surface area contributed by atoms with Crippen molar-refractivity contribution in [2.45, 2.75) is 12.6 Å². The van der Waals surface area contributed by atoms with Crippen LogP contribution in [0.5, 0.6) is 0 Å². The van der Waals surface area contributed by atoms with E-state index in [9.17, 15) is 0 Å². The second-order valence-electron chi connectivity index (χ2n) is 4.36. The van der Waals surface area contributed by atoms with Crippen molar-refractivity contribution in [2.75, 3.05) is 7.05 Å². The van der Waals surface area contributed by atoms with E-state index in [1.54, 1.807) is 18.6 Å². The summed E-state index contributed by atoms with van der Waals surface area (Å²) in [6.45, 7) is 0.774. The van der Waals surface area contributed by atoms with Crippen molar-refractivity contribution in [2.24, 2.45) is 0 Å². The van der Waals surface area contributed by atoms with Gasteiger partial charge in [-0.2, -0.15) is 0 Å². The standard InChI is InChI=1S/C14H15N5/c1-15-13(12-8-16-6-7-17-12)9-19-10-18-11-4-2-3-5-14(11)19/h2-8,10,13,15H,9H2,1H3. The molecule has 1 aromatic carbocycles. The van der Waals surface area contributed by atoms with Gasteiger partial charge < -0.3 is 9.88 Å². The molecule has 0 fully saturated rings. The summed E-state index contributed by atoms with van der Waals surface area (Å²) in [5, 5.41) is 3.27. The van der Waals surface area contributed by atoms with Gasteiger partial charge >= 0.3 is 0 Å². The number of rotatable bonds is 4. The minimum Gasteiger partial charge on any atom is -0.329 e. The zero-order valence-electron chi connectivity index (χ0n) is 10.7. The summed E-state index contributed by atoms with van der Waals surface area (Å²) in [4.78, 5) is 12.9. The van der Waals surface area contributed by atoms with E-state index in [2.05, 4.69) is 30.9 Å². The summed E-state index contributed by atoms with van der Waals surface area (Å²) in [7, 11) is 1.93. The van der Waals surface area contributed by atoms with Gasteiger partial charge in [-0.15, -0.1) is 0 Å². The highest BCUT2D eigenvalue weighted by Crippen LogP contribution is 2.16. The van der Waals surface area contributed by atoms with Gasteiger partial charge in [-0.05, 0) is 19.2 Å². The maximum Gasteiger partial charge on any atom is 0.0958 e. The molecule has 0 radical (unpaired) electrons. The Kier molecular flexibility index (Phi) is 3.20. The minimum absolute atomic E-state index is 0.117. The molecular formula is C14H15N5. The molecule has 0 saturated carbocycles. The predicted octanol–water partition coefficient (Wildman–Crippen LogP) is 1.79. The first kappa shape index (κ1) is 11.8. The highest BCUT2D eigenvalue weighted by molar-refractivity contribution is 5.74. The smallest absolute Gasteiger partial charge is 0.0958 e. The van der Waals surface area contributed by atoms with Gasteiger partial charge in [0.15, 0.2) is 0 Å². The molecule has 5 heteroatoms. The van der Waals surface area contributed by atoms with Gasteiger partial charge in [-0.1, -0.05) is 12.1 Å². The molecule has 0 amide bonds. The molecule has 0 saturated heterocycles. The summed E-state index contributed by atoms with van der Waals surface area (Å²) in [5.41, 5.74) is 3.07. The fourth-order valence-electron chi connectivity index (χ4n) is 2.18. The predicted molar refractivity (Wildman–Crippen MR) is 73.6 cm³/mol. The SMILES string of the molecule is CNC(Cn1cnc2ccccc21)c1cnccn1. The van der Waals surface area contributed by atoms with E-state index >= 15 is 0 Å². The first-order chi connectivity index (χ1) is 9.38. The average molecular weight is 253 g/mol. The first-order valence-corrected chi connectivity index (χ1v) is 6.21. The second-order valence-corrected chi connectivity index (χ2v) is 4.36. The number of fused-ring (bicyclic) bond motifs is 1. The number of nitrogens with zero attached hydrogens (tertiary/aromatic N) is 4. The molecule has 0 aliphatic rings. The van der Waals surface area contributed by atoms with Crippen LogP contribution in [-0.4, -0.2) is 26.6 Å². The summed E-state index contributed by atoms with van der Waals surface area (Å²) >= 11 is 0. The number of nitrogens with one attached hydrogen (secondary N) is 1. The summed E-state index contributed by atoms with van der Waals surface area (Å²) in [6, 6.07) is 8.23. The van der Waals surface area contributed by atoms with Gasteiger partial charge in [0, 0.05) is 18.9 Å². The average Bonchev–Trinajstić information content (AvgIpc) is 2.89. The van der Waals surface area contributed by atoms with Gasteiger partial charge in [0.2, 0.25) is 0 Å². The molecule has 3 rings (SSSR count). The summed E-state index contributed by atoms with van der Waals surface area (Å²) < 4.78 is 2.13. The van der Waals surface area contributed by atoms with Gasteiger partial charge in [0.05, 0.1) is 35.3 Å². The first-order valence-electron chi connectivity index (χ1n) is 6.21. The number of imidazole rings is 1. The van der Waals surface area contributed by atoms with Crippen LogP contribution in [0.1, 0.15) is 11.7 Å². The lowest BCUT2D eigenvalue weighted by molar-refractivity contribution is 0.495. The number of aromatic nitrogens is 4. The van der Waals surface area contributed by atoms with E-state index < -0.39 is 0 Å². The monoisotopic (exact) mass is 253 g/mol. The molecule has 0 spiro atoms. The highest BCUT2D eigenvalue weighted by atomic mass is 15.1. The van der Waals surface area contributed by atoms with Crippen LogP contribution in [0.4, 0.5) is 0 Å². The van der Waals surface area contributed by atoms with E-state index in [4.69, 9.17) is 0 Å². The van der Waals surface area contributed by atoms with Gasteiger partial charge in [0.1, 0.15) is 0 Å². The third-order valence-corrected chi connectivity index (χ3v) is 3.20. The van der Waals surface area contributed by atoms with E-state index in [-0.39, 0.29) is 6.04 Å². The van der Waals surface area contributed by atoms with E-state index in [1.165, 1.54) is 0 Å². The van der Waals surface area contributed by atoms with Crippen molar-refractivity contribution in [1.29, 1.82) is 0 Å². The molecule has 1 atom stereocenters. The van der Waals surface area contributed by atoms with Gasteiger partial charge in [0.25, 0.3) is 0 Å². The largest absolute Gasteiger partial charge is 0.329 e. The van der Waals surface area contributed by atoms with Crippen molar-refractivity contribution in [1.82, 2.24) is 24.8 Å².